The first-order chi connectivity index (χ1) is 16.3. The second-order valence-corrected chi connectivity index (χ2v) is 11.5. The molecule has 0 amide bonds. The second-order valence-electron chi connectivity index (χ2n) is 10.7. The first kappa shape index (κ1) is 21.8. The third-order valence-corrected chi connectivity index (χ3v) is 9.32. The van der Waals surface area contributed by atoms with Crippen molar-refractivity contribution in [3.8, 4) is 5.75 Å². The van der Waals surface area contributed by atoms with Gasteiger partial charge in [-0.05, 0) is 81.5 Å². The molecule has 0 N–H and O–H groups in total. The summed E-state index contributed by atoms with van der Waals surface area (Å²) in [6, 6.07) is 9.56. The molecule has 6 rings (SSSR count). The molecule has 0 unspecified atom stereocenters. The third kappa shape index (κ3) is 4.64. The Kier molecular flexibility index (Phi) is 6.28. The van der Waals surface area contributed by atoms with Gasteiger partial charge in [0.15, 0.2) is 0 Å². The zero-order valence-corrected chi connectivity index (χ0v) is 20.3. The van der Waals surface area contributed by atoms with E-state index in [9.17, 15) is 0 Å². The van der Waals surface area contributed by atoms with Gasteiger partial charge in [0, 0.05) is 37.8 Å². The Labute approximate surface area is 201 Å². The molecule has 0 radical (unpaired) electrons. The van der Waals surface area contributed by atoms with E-state index in [1.807, 2.05) is 5.51 Å². The van der Waals surface area contributed by atoms with E-state index < -0.39 is 0 Å². The molecule has 1 aromatic carbocycles. The van der Waals surface area contributed by atoms with Crippen molar-refractivity contribution in [3.63, 3.8) is 0 Å². The molecule has 4 aliphatic rings. The lowest BCUT2D eigenvalue weighted by atomic mass is 9.78. The molecular formula is C26H36N4O2S. The van der Waals surface area contributed by atoms with Gasteiger partial charge in [-0.2, -0.15) is 0 Å². The van der Waals surface area contributed by atoms with E-state index in [2.05, 4.69) is 44.3 Å². The highest BCUT2D eigenvalue weighted by Gasteiger charge is 2.50. The van der Waals surface area contributed by atoms with Crippen LogP contribution in [0.25, 0.3) is 0 Å². The van der Waals surface area contributed by atoms with Gasteiger partial charge in [0.25, 0.3) is 0 Å². The maximum atomic E-state index is 6.36. The smallest absolute Gasteiger partial charge is 0.208 e. The van der Waals surface area contributed by atoms with Crippen LogP contribution in [0.4, 0.5) is 5.13 Å². The molecule has 178 valence electrons. The molecule has 3 saturated heterocycles. The molecule has 1 saturated carbocycles. The Morgan fingerprint density at radius 3 is 2.67 bits per heavy atom. The quantitative estimate of drug-likeness (QED) is 0.618. The summed E-state index contributed by atoms with van der Waals surface area (Å²) in [7, 11) is 0. The molecule has 7 heteroatoms. The van der Waals surface area contributed by atoms with Crippen LogP contribution in [-0.4, -0.2) is 67.1 Å². The van der Waals surface area contributed by atoms with E-state index >= 15 is 0 Å². The molecule has 6 nitrogen and oxygen atoms in total. The standard InChI is InChI=1S/C26H36N4O2S/c1-2-4-24(32-16-20-8-13-31-14-9-20)23(3-1)21-6-11-29(12-7-21)22-5-10-26(15-22)17-30(18-26)25-28-27-19-33-25/h1-4,19-22H,5-18H2/t22-/m1/s1. The number of nitrogens with zero attached hydrogens (tertiary/aromatic N) is 4. The Hall–Kier alpha value is -1.70. The van der Waals surface area contributed by atoms with Crippen LogP contribution in [0.2, 0.25) is 0 Å². The van der Waals surface area contributed by atoms with Crippen LogP contribution in [0.3, 0.4) is 0 Å². The number of hydrogen-bond donors (Lipinski definition) is 0. The van der Waals surface area contributed by atoms with Crippen molar-refractivity contribution in [2.24, 2.45) is 11.3 Å². The van der Waals surface area contributed by atoms with E-state index in [-0.39, 0.29) is 0 Å². The Morgan fingerprint density at radius 1 is 1.06 bits per heavy atom. The number of likely N-dealkylation sites (tertiary alicyclic amines) is 1. The van der Waals surface area contributed by atoms with Crippen LogP contribution in [0.5, 0.6) is 5.75 Å². The number of aromatic nitrogens is 2. The zero-order chi connectivity index (χ0) is 22.1. The monoisotopic (exact) mass is 468 g/mol. The first-order valence-corrected chi connectivity index (χ1v) is 13.7. The number of anilines is 1. The third-order valence-electron chi connectivity index (χ3n) is 8.57. The molecule has 1 aliphatic carbocycles. The normalized spacial score (nSPS) is 26.5. The Bertz CT molecular complexity index is 903. The van der Waals surface area contributed by atoms with Crippen molar-refractivity contribution in [2.45, 2.75) is 56.9 Å². The van der Waals surface area contributed by atoms with Gasteiger partial charge in [-0.15, -0.1) is 10.2 Å². The van der Waals surface area contributed by atoms with Gasteiger partial charge < -0.3 is 19.3 Å². The molecule has 1 aromatic heterocycles. The van der Waals surface area contributed by atoms with Crippen molar-refractivity contribution in [2.75, 3.05) is 50.9 Å². The highest BCUT2D eigenvalue weighted by Crippen LogP contribution is 2.49. The maximum absolute atomic E-state index is 6.36. The van der Waals surface area contributed by atoms with E-state index in [0.29, 0.717) is 17.3 Å². The van der Waals surface area contributed by atoms with Crippen molar-refractivity contribution in [3.05, 3.63) is 35.3 Å². The molecular weight excluding hydrogens is 432 g/mol. The first-order valence-electron chi connectivity index (χ1n) is 12.8. The minimum atomic E-state index is 0.526. The number of para-hydroxylation sites is 1. The number of rotatable bonds is 6. The lowest BCUT2D eigenvalue weighted by Crippen LogP contribution is -2.56. The predicted octanol–water partition coefficient (Wildman–Crippen LogP) is 4.58. The van der Waals surface area contributed by atoms with Gasteiger partial charge in [-0.1, -0.05) is 29.5 Å². The van der Waals surface area contributed by atoms with Crippen molar-refractivity contribution >= 4 is 16.5 Å². The number of benzene rings is 1. The van der Waals surface area contributed by atoms with Crippen LogP contribution < -0.4 is 9.64 Å². The summed E-state index contributed by atoms with van der Waals surface area (Å²) in [5.74, 6) is 2.38. The lowest BCUT2D eigenvalue weighted by Gasteiger charge is -2.48. The molecule has 0 bridgehead atoms. The van der Waals surface area contributed by atoms with Crippen LogP contribution >= 0.6 is 11.3 Å². The second kappa shape index (κ2) is 9.51. The molecule has 3 aliphatic heterocycles. The van der Waals surface area contributed by atoms with Gasteiger partial charge in [-0.25, -0.2) is 0 Å². The number of hydrogen-bond acceptors (Lipinski definition) is 7. The average Bonchev–Trinajstić information content (AvgIpc) is 3.53. The molecule has 4 heterocycles. The van der Waals surface area contributed by atoms with Gasteiger partial charge in [0.2, 0.25) is 5.13 Å². The summed E-state index contributed by atoms with van der Waals surface area (Å²) in [6.45, 7) is 7.39. The summed E-state index contributed by atoms with van der Waals surface area (Å²) >= 11 is 1.67. The largest absolute Gasteiger partial charge is 0.493 e. The topological polar surface area (TPSA) is 50.7 Å². The summed E-state index contributed by atoms with van der Waals surface area (Å²) in [5, 5.41) is 9.36. The Morgan fingerprint density at radius 2 is 1.88 bits per heavy atom. The fourth-order valence-electron chi connectivity index (χ4n) is 6.62. The van der Waals surface area contributed by atoms with E-state index in [0.717, 1.165) is 49.6 Å². The predicted molar refractivity (Wildman–Crippen MR) is 131 cm³/mol. The molecule has 1 atom stereocenters. The molecule has 33 heavy (non-hydrogen) atoms. The summed E-state index contributed by atoms with van der Waals surface area (Å²) in [4.78, 5) is 5.22. The molecule has 1 spiro atoms. The van der Waals surface area contributed by atoms with E-state index in [1.165, 1.54) is 63.8 Å². The fourth-order valence-corrected chi connectivity index (χ4v) is 7.19. The van der Waals surface area contributed by atoms with E-state index in [1.54, 1.807) is 11.3 Å². The number of piperidine rings is 1. The lowest BCUT2D eigenvalue weighted by molar-refractivity contribution is 0.0494. The SMILES string of the molecule is c1ccc(C2CCN([C@@H]3CCC4(C3)CN(c3nncs3)C4)CC2)c(OCC2CCOCC2)c1. The summed E-state index contributed by atoms with van der Waals surface area (Å²) in [6.07, 6.45) is 8.84. The summed E-state index contributed by atoms with van der Waals surface area (Å²) < 4.78 is 11.9. The zero-order valence-electron chi connectivity index (χ0n) is 19.5. The maximum Gasteiger partial charge on any atom is 0.208 e. The van der Waals surface area contributed by atoms with Gasteiger partial charge >= 0.3 is 0 Å². The van der Waals surface area contributed by atoms with Crippen LogP contribution in [0.15, 0.2) is 29.8 Å². The Balaban J connectivity index is 1.01. The highest BCUT2D eigenvalue weighted by molar-refractivity contribution is 7.13. The van der Waals surface area contributed by atoms with E-state index in [4.69, 9.17) is 9.47 Å². The minimum Gasteiger partial charge on any atom is -0.493 e. The van der Waals surface area contributed by atoms with Crippen molar-refractivity contribution < 1.29 is 9.47 Å². The van der Waals surface area contributed by atoms with Crippen LogP contribution in [-0.2, 0) is 4.74 Å². The minimum absolute atomic E-state index is 0.526. The fraction of sp³-hybridized carbons (Fsp3) is 0.692. The van der Waals surface area contributed by atoms with Gasteiger partial charge in [-0.3, -0.25) is 0 Å². The highest BCUT2D eigenvalue weighted by atomic mass is 32.1. The average molecular weight is 469 g/mol. The van der Waals surface area contributed by atoms with Crippen molar-refractivity contribution in [1.29, 1.82) is 0 Å². The molecule has 4 fully saturated rings. The van der Waals surface area contributed by atoms with Gasteiger partial charge in [0.1, 0.15) is 11.3 Å². The number of ether oxygens (including phenoxy) is 2. The van der Waals surface area contributed by atoms with Gasteiger partial charge in [0.05, 0.1) is 6.61 Å². The summed E-state index contributed by atoms with van der Waals surface area (Å²) in [5.41, 5.74) is 3.80. The van der Waals surface area contributed by atoms with Crippen LogP contribution in [0, 0.1) is 11.3 Å². The molecule has 2 aromatic rings. The van der Waals surface area contributed by atoms with Crippen LogP contribution in [0.1, 0.15) is 56.4 Å². The van der Waals surface area contributed by atoms with Crippen molar-refractivity contribution in [1.82, 2.24) is 15.1 Å².